The molecule has 0 radical (unpaired) electrons. The maximum absolute atomic E-state index is 13.8. The van der Waals surface area contributed by atoms with E-state index >= 15 is 0 Å². The molecule has 11 heteroatoms. The van der Waals surface area contributed by atoms with E-state index in [2.05, 4.69) is 9.17 Å². The third kappa shape index (κ3) is 3.55. The third-order valence-electron chi connectivity index (χ3n) is 2.73. The quantitative estimate of drug-likeness (QED) is 0.358. The lowest BCUT2D eigenvalue weighted by atomic mass is 10.1. The number of alkyl halides is 3. The third-order valence-corrected chi connectivity index (χ3v) is 3.69. The Hall–Kier alpha value is -2.43. The molecule has 0 unspecified atom stereocenters. The molecule has 0 aliphatic carbocycles. The number of carbonyl (C=O) groups is 1. The van der Waals surface area contributed by atoms with Gasteiger partial charge in [-0.15, -0.1) is 0 Å². The van der Waals surface area contributed by atoms with Crippen LogP contribution < -0.4 is 4.18 Å². The van der Waals surface area contributed by atoms with E-state index < -0.39 is 33.2 Å². The first-order chi connectivity index (χ1) is 11.0. The molecule has 0 spiro atoms. The average Bonchev–Trinajstić information content (AvgIpc) is 2.46. The van der Waals surface area contributed by atoms with E-state index in [1.165, 1.54) is 6.07 Å². The molecule has 6 nitrogen and oxygen atoms in total. The summed E-state index contributed by atoms with van der Waals surface area (Å²) in [4.78, 5) is 15.3. The van der Waals surface area contributed by atoms with Gasteiger partial charge in [-0.05, 0) is 19.1 Å². The summed E-state index contributed by atoms with van der Waals surface area (Å²) in [7, 11) is -6.01. The van der Waals surface area contributed by atoms with Crippen LogP contribution in [0.1, 0.15) is 17.3 Å². The molecule has 1 aromatic carbocycles. The van der Waals surface area contributed by atoms with Gasteiger partial charge in [-0.25, -0.2) is 9.18 Å². The molecule has 2 aromatic rings. The maximum Gasteiger partial charge on any atom is 0.534 e. The van der Waals surface area contributed by atoms with Crippen LogP contribution >= 0.6 is 0 Å². The fourth-order valence-corrected chi connectivity index (χ4v) is 2.14. The van der Waals surface area contributed by atoms with Gasteiger partial charge in [0.2, 0.25) is 0 Å². The molecule has 0 atom stereocenters. The smallest absolute Gasteiger partial charge is 0.462 e. The first-order valence-electron chi connectivity index (χ1n) is 6.32. The number of ether oxygens (including phenoxy) is 1. The monoisotopic (exact) mass is 367 g/mol. The first kappa shape index (κ1) is 17.9. The van der Waals surface area contributed by atoms with Gasteiger partial charge in [-0.2, -0.15) is 21.6 Å². The highest BCUT2D eigenvalue weighted by molar-refractivity contribution is 7.88. The Balaban J connectivity index is 2.44. The van der Waals surface area contributed by atoms with Gasteiger partial charge < -0.3 is 8.92 Å². The van der Waals surface area contributed by atoms with Gasteiger partial charge in [0.15, 0.2) is 11.6 Å². The summed E-state index contributed by atoms with van der Waals surface area (Å²) >= 11 is 0. The number of esters is 1. The number of halogens is 4. The van der Waals surface area contributed by atoms with Crippen molar-refractivity contribution in [1.29, 1.82) is 0 Å². The van der Waals surface area contributed by atoms with Crippen molar-refractivity contribution in [3.63, 3.8) is 0 Å². The molecule has 0 N–H and O–H groups in total. The van der Waals surface area contributed by atoms with Crippen molar-refractivity contribution in [1.82, 2.24) is 4.98 Å². The average molecular weight is 367 g/mol. The topological polar surface area (TPSA) is 82.6 Å². The second-order valence-electron chi connectivity index (χ2n) is 4.40. The molecule has 0 amide bonds. The molecule has 0 saturated heterocycles. The lowest BCUT2D eigenvalue weighted by molar-refractivity contribution is -0.0500. The highest BCUT2D eigenvalue weighted by Crippen LogP contribution is 2.30. The van der Waals surface area contributed by atoms with Crippen molar-refractivity contribution in [2.45, 2.75) is 12.4 Å². The van der Waals surface area contributed by atoms with Gasteiger partial charge in [0, 0.05) is 17.6 Å². The Morgan fingerprint density at radius 3 is 2.50 bits per heavy atom. The largest absolute Gasteiger partial charge is 0.534 e. The zero-order valence-corrected chi connectivity index (χ0v) is 12.7. The highest BCUT2D eigenvalue weighted by atomic mass is 32.2. The zero-order chi connectivity index (χ0) is 18.1. The van der Waals surface area contributed by atoms with Crippen molar-refractivity contribution < 1.29 is 39.7 Å². The minimum absolute atomic E-state index is 0.000307. The van der Waals surface area contributed by atoms with E-state index in [4.69, 9.17) is 4.74 Å². The van der Waals surface area contributed by atoms with Gasteiger partial charge in [0.1, 0.15) is 0 Å². The van der Waals surface area contributed by atoms with Crippen LogP contribution in [0.5, 0.6) is 5.75 Å². The van der Waals surface area contributed by atoms with Gasteiger partial charge in [-0.3, -0.25) is 4.98 Å². The predicted molar refractivity (Wildman–Crippen MR) is 73.3 cm³/mol. The van der Waals surface area contributed by atoms with E-state index in [1.54, 1.807) is 6.92 Å². The Kier molecular flexibility index (Phi) is 4.65. The Morgan fingerprint density at radius 2 is 1.92 bits per heavy atom. The number of carbonyl (C=O) groups excluding carboxylic acids is 1. The minimum Gasteiger partial charge on any atom is -0.462 e. The van der Waals surface area contributed by atoms with Crippen LogP contribution in [0.3, 0.4) is 0 Å². The Morgan fingerprint density at radius 1 is 1.25 bits per heavy atom. The van der Waals surface area contributed by atoms with Crippen molar-refractivity contribution in [2.75, 3.05) is 6.61 Å². The van der Waals surface area contributed by atoms with Crippen LogP contribution in [0.4, 0.5) is 17.6 Å². The molecule has 130 valence electrons. The number of pyridine rings is 1. The number of aromatic nitrogens is 1. The fraction of sp³-hybridized carbons (Fsp3) is 0.231. The predicted octanol–water partition coefficient (Wildman–Crippen LogP) is 2.78. The standard InChI is InChI=1S/C13H9F4NO5S/c1-2-22-12(19)8-3-7-4-9(14)11(5-10(7)18-6-8)23-24(20,21)13(15,16)17/h3-6H,2H2,1H3. The van der Waals surface area contributed by atoms with E-state index in [0.29, 0.717) is 12.1 Å². The molecular formula is C13H9F4NO5S. The van der Waals surface area contributed by atoms with Crippen molar-refractivity contribution >= 4 is 27.0 Å². The van der Waals surface area contributed by atoms with Gasteiger partial charge in [0.25, 0.3) is 0 Å². The summed E-state index contributed by atoms with van der Waals surface area (Å²) in [5, 5.41) is 0.0507. The maximum atomic E-state index is 13.8. The van der Waals surface area contributed by atoms with E-state index in [1.807, 2.05) is 0 Å². The van der Waals surface area contributed by atoms with Crippen LogP contribution in [0, 0.1) is 5.82 Å². The summed E-state index contributed by atoms with van der Waals surface area (Å²) in [6.45, 7) is 1.68. The number of hydrogen-bond acceptors (Lipinski definition) is 6. The van der Waals surface area contributed by atoms with Crippen LogP contribution in [0.15, 0.2) is 24.4 Å². The van der Waals surface area contributed by atoms with Crippen LogP contribution in [-0.2, 0) is 14.9 Å². The molecule has 0 aliphatic rings. The SMILES string of the molecule is CCOC(=O)c1cnc2cc(OS(=O)(=O)C(F)(F)F)c(F)cc2c1. The second kappa shape index (κ2) is 6.23. The number of fused-ring (bicyclic) bond motifs is 1. The molecule has 0 saturated carbocycles. The molecule has 24 heavy (non-hydrogen) atoms. The summed E-state index contributed by atoms with van der Waals surface area (Å²) in [6.07, 6.45) is 1.06. The molecular weight excluding hydrogens is 358 g/mol. The number of hydrogen-bond donors (Lipinski definition) is 0. The minimum atomic E-state index is -6.01. The Bertz CT molecular complexity index is 895. The van der Waals surface area contributed by atoms with Gasteiger partial charge >= 0.3 is 21.6 Å². The molecule has 1 heterocycles. The summed E-state index contributed by atoms with van der Waals surface area (Å²) in [5.74, 6) is -3.23. The van der Waals surface area contributed by atoms with Crippen LogP contribution in [-0.4, -0.2) is 31.5 Å². The molecule has 0 aliphatic heterocycles. The Labute approximate surface area is 133 Å². The van der Waals surface area contributed by atoms with E-state index in [-0.39, 0.29) is 23.1 Å². The number of rotatable bonds is 4. The van der Waals surface area contributed by atoms with E-state index in [0.717, 1.165) is 6.20 Å². The van der Waals surface area contributed by atoms with Crippen molar-refractivity contribution in [3.05, 3.63) is 35.8 Å². The molecule has 1 aromatic heterocycles. The number of nitrogens with zero attached hydrogens (tertiary/aromatic N) is 1. The number of benzene rings is 1. The first-order valence-corrected chi connectivity index (χ1v) is 7.73. The lowest BCUT2D eigenvalue weighted by Gasteiger charge is -2.11. The highest BCUT2D eigenvalue weighted by Gasteiger charge is 2.49. The molecule has 2 rings (SSSR count). The molecule has 0 bridgehead atoms. The summed E-state index contributed by atoms with van der Waals surface area (Å²) in [5.41, 5.74) is -5.77. The normalized spacial score (nSPS) is 12.2. The molecule has 0 fully saturated rings. The van der Waals surface area contributed by atoms with E-state index in [9.17, 15) is 30.8 Å². The van der Waals surface area contributed by atoms with Crippen LogP contribution in [0.25, 0.3) is 10.9 Å². The fourth-order valence-electron chi connectivity index (χ4n) is 1.68. The van der Waals surface area contributed by atoms with Gasteiger partial charge in [-0.1, -0.05) is 0 Å². The van der Waals surface area contributed by atoms with Gasteiger partial charge in [0.05, 0.1) is 17.7 Å². The van der Waals surface area contributed by atoms with Crippen LogP contribution in [0.2, 0.25) is 0 Å². The summed E-state index contributed by atoms with van der Waals surface area (Å²) < 4.78 is 81.0. The summed E-state index contributed by atoms with van der Waals surface area (Å²) in [6, 6.07) is 2.58. The lowest BCUT2D eigenvalue weighted by Crippen LogP contribution is -2.28. The second-order valence-corrected chi connectivity index (χ2v) is 5.94. The zero-order valence-electron chi connectivity index (χ0n) is 11.9. The van der Waals surface area contributed by atoms with Crippen molar-refractivity contribution in [2.24, 2.45) is 0 Å². The van der Waals surface area contributed by atoms with Crippen molar-refractivity contribution in [3.8, 4) is 5.75 Å².